The van der Waals surface area contributed by atoms with Gasteiger partial charge in [-0.1, -0.05) is 42.5 Å². The van der Waals surface area contributed by atoms with Gasteiger partial charge in [0.25, 0.3) is 0 Å². The summed E-state index contributed by atoms with van der Waals surface area (Å²) in [5.74, 6) is 0.895. The van der Waals surface area contributed by atoms with Gasteiger partial charge in [0.1, 0.15) is 17.3 Å². The van der Waals surface area contributed by atoms with Crippen LogP contribution >= 0.6 is 12.2 Å². The number of aryl methyl sites for hydroxylation is 1. The Morgan fingerprint density at radius 2 is 1.77 bits per heavy atom. The molecule has 4 heteroatoms. The molecule has 0 spiro atoms. The molecule has 2 aromatic carbocycles. The lowest BCUT2D eigenvalue weighted by molar-refractivity contribution is 0.372. The van der Waals surface area contributed by atoms with Gasteiger partial charge in [-0.25, -0.2) is 0 Å². The maximum Gasteiger partial charge on any atom is 0.138 e. The lowest BCUT2D eigenvalue weighted by atomic mass is 10.1. The van der Waals surface area contributed by atoms with Gasteiger partial charge in [-0.2, -0.15) is 0 Å². The van der Waals surface area contributed by atoms with Crippen LogP contribution in [0, 0.1) is 13.8 Å². The molecule has 0 aromatic heterocycles. The molecule has 22 heavy (non-hydrogen) atoms. The highest BCUT2D eigenvalue weighted by Gasteiger charge is 2.03. The molecule has 2 N–H and O–H groups in total. The summed E-state index contributed by atoms with van der Waals surface area (Å²) in [4.78, 5) is 0.718. The highest BCUT2D eigenvalue weighted by Crippen LogP contribution is 2.20. The third kappa shape index (κ3) is 5.04. The Kier molecular flexibility index (Phi) is 6.22. The molecule has 116 valence electrons. The van der Waals surface area contributed by atoms with Crippen molar-refractivity contribution in [3.63, 3.8) is 0 Å². The van der Waals surface area contributed by atoms with E-state index in [1.807, 2.05) is 42.5 Å². The maximum atomic E-state index is 5.77. The number of hydrogen-bond acceptors (Lipinski definition) is 3. The summed E-state index contributed by atoms with van der Waals surface area (Å²) in [5.41, 5.74) is 3.50. The fraction of sp³-hybridized carbons (Fsp3) is 0.278. The Bertz CT molecular complexity index is 614. The van der Waals surface area contributed by atoms with Crippen molar-refractivity contribution in [3.8, 4) is 5.75 Å². The molecule has 0 heterocycles. The molecular formula is C18H22N2OS. The van der Waals surface area contributed by atoms with Crippen molar-refractivity contribution >= 4 is 22.9 Å². The third-order valence-electron chi connectivity index (χ3n) is 3.46. The first-order valence-electron chi connectivity index (χ1n) is 7.41. The van der Waals surface area contributed by atoms with Crippen LogP contribution in [0.25, 0.3) is 0 Å². The van der Waals surface area contributed by atoms with E-state index < -0.39 is 0 Å². The quantitative estimate of drug-likeness (QED) is 0.603. The monoisotopic (exact) mass is 314 g/mol. The fourth-order valence-electron chi connectivity index (χ4n) is 2.04. The molecule has 0 saturated carbocycles. The first-order chi connectivity index (χ1) is 10.7. The van der Waals surface area contributed by atoms with E-state index >= 15 is 0 Å². The SMILES string of the molecule is Cc1cccc(OCC(=S)NCCNc2ccccc2)c1C. The second-order valence-electron chi connectivity index (χ2n) is 5.13. The van der Waals surface area contributed by atoms with Crippen molar-refractivity contribution in [3.05, 3.63) is 59.7 Å². The van der Waals surface area contributed by atoms with Gasteiger partial charge >= 0.3 is 0 Å². The van der Waals surface area contributed by atoms with Gasteiger partial charge in [0.2, 0.25) is 0 Å². The topological polar surface area (TPSA) is 33.3 Å². The first kappa shape index (κ1) is 16.3. The summed E-state index contributed by atoms with van der Waals surface area (Å²) < 4.78 is 5.77. The summed E-state index contributed by atoms with van der Waals surface area (Å²) in [7, 11) is 0. The molecule has 0 radical (unpaired) electrons. The second-order valence-corrected chi connectivity index (χ2v) is 5.62. The van der Waals surface area contributed by atoms with Crippen molar-refractivity contribution < 1.29 is 4.74 Å². The van der Waals surface area contributed by atoms with E-state index in [9.17, 15) is 0 Å². The zero-order valence-corrected chi connectivity index (χ0v) is 13.9. The highest BCUT2D eigenvalue weighted by molar-refractivity contribution is 7.80. The van der Waals surface area contributed by atoms with Crippen LogP contribution < -0.4 is 15.4 Å². The standard InChI is InChI=1S/C18H22N2OS/c1-14-7-6-10-17(15(14)2)21-13-18(22)20-12-11-19-16-8-4-3-5-9-16/h3-10,19H,11-13H2,1-2H3,(H,20,22). The minimum Gasteiger partial charge on any atom is -0.486 e. The molecule has 0 aliphatic heterocycles. The second kappa shape index (κ2) is 8.39. The van der Waals surface area contributed by atoms with Crippen molar-refractivity contribution in [2.24, 2.45) is 0 Å². The Morgan fingerprint density at radius 1 is 1.00 bits per heavy atom. The van der Waals surface area contributed by atoms with Gasteiger partial charge in [-0.3, -0.25) is 0 Å². The van der Waals surface area contributed by atoms with E-state index in [-0.39, 0.29) is 0 Å². The van der Waals surface area contributed by atoms with Crippen molar-refractivity contribution in [2.45, 2.75) is 13.8 Å². The van der Waals surface area contributed by atoms with Crippen LogP contribution in [0.4, 0.5) is 5.69 Å². The van der Waals surface area contributed by atoms with Gasteiger partial charge < -0.3 is 15.4 Å². The third-order valence-corrected chi connectivity index (χ3v) is 3.73. The Labute approximate surface area is 137 Å². The molecule has 0 aliphatic carbocycles. The average Bonchev–Trinajstić information content (AvgIpc) is 2.54. The van der Waals surface area contributed by atoms with Crippen molar-refractivity contribution in [2.75, 3.05) is 25.0 Å². The molecule has 0 aliphatic rings. The van der Waals surface area contributed by atoms with Crippen LogP contribution in [0.15, 0.2) is 48.5 Å². The highest BCUT2D eigenvalue weighted by atomic mass is 32.1. The van der Waals surface area contributed by atoms with Crippen LogP contribution in [0.5, 0.6) is 5.75 Å². The number of benzene rings is 2. The Balaban J connectivity index is 1.67. The number of thiocarbonyl (C=S) groups is 1. The average molecular weight is 314 g/mol. The molecule has 0 unspecified atom stereocenters. The number of anilines is 1. The predicted molar refractivity (Wildman–Crippen MR) is 96.9 cm³/mol. The van der Waals surface area contributed by atoms with Gasteiger partial charge in [0.05, 0.1) is 0 Å². The largest absolute Gasteiger partial charge is 0.486 e. The number of hydrogen-bond donors (Lipinski definition) is 2. The predicted octanol–water partition coefficient (Wildman–Crippen LogP) is 3.71. The van der Waals surface area contributed by atoms with Gasteiger partial charge in [0, 0.05) is 18.8 Å². The van der Waals surface area contributed by atoms with Crippen LogP contribution in [0.2, 0.25) is 0 Å². The molecule has 3 nitrogen and oxygen atoms in total. The van der Waals surface area contributed by atoms with E-state index in [1.165, 1.54) is 5.56 Å². The summed E-state index contributed by atoms with van der Waals surface area (Å²) in [5, 5.41) is 6.53. The summed E-state index contributed by atoms with van der Waals surface area (Å²) in [6, 6.07) is 16.2. The number of rotatable bonds is 7. The van der Waals surface area contributed by atoms with Crippen LogP contribution in [0.3, 0.4) is 0 Å². The minimum absolute atomic E-state index is 0.408. The Morgan fingerprint density at radius 3 is 2.55 bits per heavy atom. The number of para-hydroxylation sites is 1. The van der Waals surface area contributed by atoms with Crippen LogP contribution in [0.1, 0.15) is 11.1 Å². The zero-order valence-electron chi connectivity index (χ0n) is 13.1. The maximum absolute atomic E-state index is 5.77. The lowest BCUT2D eigenvalue weighted by Gasteiger charge is -2.13. The van der Waals surface area contributed by atoms with E-state index in [0.29, 0.717) is 6.61 Å². The summed E-state index contributed by atoms with van der Waals surface area (Å²) in [6.07, 6.45) is 0. The molecule has 0 fully saturated rings. The zero-order chi connectivity index (χ0) is 15.8. The number of ether oxygens (including phenoxy) is 1. The van der Waals surface area contributed by atoms with Gasteiger partial charge in [-0.15, -0.1) is 0 Å². The smallest absolute Gasteiger partial charge is 0.138 e. The summed E-state index contributed by atoms with van der Waals surface area (Å²) >= 11 is 5.30. The normalized spacial score (nSPS) is 10.1. The van der Waals surface area contributed by atoms with Crippen molar-refractivity contribution in [1.29, 1.82) is 0 Å². The molecular weight excluding hydrogens is 292 g/mol. The van der Waals surface area contributed by atoms with Gasteiger partial charge in [-0.05, 0) is 43.2 Å². The fourth-order valence-corrected chi connectivity index (χ4v) is 2.20. The van der Waals surface area contributed by atoms with Crippen molar-refractivity contribution in [1.82, 2.24) is 5.32 Å². The molecule has 2 rings (SSSR count). The molecule has 0 saturated heterocycles. The Hall–Kier alpha value is -2.07. The molecule has 0 amide bonds. The van der Waals surface area contributed by atoms with E-state index in [1.54, 1.807) is 0 Å². The van der Waals surface area contributed by atoms with E-state index in [0.717, 1.165) is 35.1 Å². The summed E-state index contributed by atoms with van der Waals surface area (Å²) in [6.45, 7) is 6.13. The minimum atomic E-state index is 0.408. The van der Waals surface area contributed by atoms with Gasteiger partial charge in [0.15, 0.2) is 0 Å². The molecule has 0 atom stereocenters. The lowest BCUT2D eigenvalue weighted by Crippen LogP contribution is -2.31. The molecule has 2 aromatic rings. The first-order valence-corrected chi connectivity index (χ1v) is 7.82. The van der Waals surface area contributed by atoms with E-state index in [2.05, 4.69) is 30.5 Å². The van der Waals surface area contributed by atoms with Crippen LogP contribution in [-0.4, -0.2) is 24.7 Å². The number of nitrogens with one attached hydrogen (secondary N) is 2. The van der Waals surface area contributed by atoms with Crippen LogP contribution in [-0.2, 0) is 0 Å². The van der Waals surface area contributed by atoms with E-state index in [4.69, 9.17) is 17.0 Å². The molecule has 0 bridgehead atoms.